The first-order chi connectivity index (χ1) is 10.8. The summed E-state index contributed by atoms with van der Waals surface area (Å²) in [5.74, 6) is 0.00502. The van der Waals surface area contributed by atoms with Gasteiger partial charge in [0, 0.05) is 30.9 Å². The normalized spacial score (nSPS) is 11.0. The number of hydrogen-bond acceptors (Lipinski definition) is 3. The SMILES string of the molecule is CCCn1cc(CCNC(=O)c2cccs2)c2cccnc21. The third-order valence-electron chi connectivity index (χ3n) is 3.61. The molecule has 3 heterocycles. The van der Waals surface area contributed by atoms with Gasteiger partial charge in [0.1, 0.15) is 5.65 Å². The Hall–Kier alpha value is -2.14. The third kappa shape index (κ3) is 3.04. The molecule has 0 saturated carbocycles. The summed E-state index contributed by atoms with van der Waals surface area (Å²) in [7, 11) is 0. The highest BCUT2D eigenvalue weighted by Crippen LogP contribution is 2.20. The van der Waals surface area contributed by atoms with Gasteiger partial charge in [-0.05, 0) is 42.0 Å². The van der Waals surface area contributed by atoms with Crippen LogP contribution in [0.25, 0.3) is 11.0 Å². The van der Waals surface area contributed by atoms with Crippen LogP contribution in [0.3, 0.4) is 0 Å². The van der Waals surface area contributed by atoms with E-state index in [1.165, 1.54) is 22.3 Å². The Bertz CT molecular complexity index is 761. The summed E-state index contributed by atoms with van der Waals surface area (Å²) < 4.78 is 2.20. The number of carbonyl (C=O) groups is 1. The van der Waals surface area contributed by atoms with Crippen LogP contribution in [0.2, 0.25) is 0 Å². The highest BCUT2D eigenvalue weighted by atomic mass is 32.1. The van der Waals surface area contributed by atoms with Gasteiger partial charge in [0.15, 0.2) is 0 Å². The smallest absolute Gasteiger partial charge is 0.261 e. The summed E-state index contributed by atoms with van der Waals surface area (Å²) >= 11 is 1.46. The summed E-state index contributed by atoms with van der Waals surface area (Å²) in [6, 6.07) is 7.80. The van der Waals surface area contributed by atoms with Gasteiger partial charge in [-0.1, -0.05) is 13.0 Å². The van der Waals surface area contributed by atoms with Crippen molar-refractivity contribution in [2.24, 2.45) is 0 Å². The van der Waals surface area contributed by atoms with Crippen LogP contribution in [0.15, 0.2) is 42.0 Å². The average molecular weight is 313 g/mol. The summed E-state index contributed by atoms with van der Waals surface area (Å²) in [6.07, 6.45) is 5.89. The van der Waals surface area contributed by atoms with Crippen LogP contribution in [0.4, 0.5) is 0 Å². The number of aryl methyl sites for hydroxylation is 1. The Balaban J connectivity index is 1.70. The fourth-order valence-electron chi connectivity index (χ4n) is 2.61. The second kappa shape index (κ2) is 6.75. The Morgan fingerprint density at radius 2 is 2.27 bits per heavy atom. The van der Waals surface area contributed by atoms with Crippen LogP contribution < -0.4 is 5.32 Å². The predicted molar refractivity (Wildman–Crippen MR) is 90.4 cm³/mol. The molecular formula is C17H19N3OS. The quantitative estimate of drug-likeness (QED) is 0.757. The number of nitrogens with one attached hydrogen (secondary N) is 1. The summed E-state index contributed by atoms with van der Waals surface area (Å²) in [5, 5.41) is 6.08. The van der Waals surface area contributed by atoms with E-state index in [2.05, 4.69) is 34.1 Å². The van der Waals surface area contributed by atoms with Gasteiger partial charge in [0.05, 0.1) is 4.88 Å². The number of aromatic nitrogens is 2. The van der Waals surface area contributed by atoms with E-state index in [1.807, 2.05) is 29.8 Å². The van der Waals surface area contributed by atoms with Gasteiger partial charge in [-0.15, -0.1) is 11.3 Å². The van der Waals surface area contributed by atoms with Crippen molar-refractivity contribution in [2.75, 3.05) is 6.54 Å². The van der Waals surface area contributed by atoms with Gasteiger partial charge >= 0.3 is 0 Å². The second-order valence-corrected chi connectivity index (χ2v) is 6.15. The molecule has 3 aromatic rings. The van der Waals surface area contributed by atoms with E-state index in [0.29, 0.717) is 6.54 Å². The van der Waals surface area contributed by atoms with E-state index in [0.717, 1.165) is 29.9 Å². The van der Waals surface area contributed by atoms with Crippen LogP contribution in [0.1, 0.15) is 28.6 Å². The van der Waals surface area contributed by atoms with E-state index in [-0.39, 0.29) is 5.91 Å². The fraction of sp³-hybridized carbons (Fsp3) is 0.294. The highest BCUT2D eigenvalue weighted by molar-refractivity contribution is 7.12. The lowest BCUT2D eigenvalue weighted by Crippen LogP contribution is -2.24. The molecule has 0 fully saturated rings. The predicted octanol–water partition coefficient (Wildman–Crippen LogP) is 3.48. The Kier molecular flexibility index (Phi) is 4.53. The molecule has 114 valence electrons. The lowest BCUT2D eigenvalue weighted by molar-refractivity contribution is 0.0958. The van der Waals surface area contributed by atoms with Gasteiger partial charge < -0.3 is 9.88 Å². The molecule has 0 radical (unpaired) electrons. The number of amides is 1. The molecule has 0 bridgehead atoms. The van der Waals surface area contributed by atoms with Crippen LogP contribution in [0.5, 0.6) is 0 Å². The Morgan fingerprint density at radius 1 is 1.36 bits per heavy atom. The van der Waals surface area contributed by atoms with Gasteiger partial charge in [-0.3, -0.25) is 4.79 Å². The van der Waals surface area contributed by atoms with Crippen molar-refractivity contribution in [1.29, 1.82) is 0 Å². The Labute approximate surface area is 133 Å². The number of nitrogens with zero attached hydrogens (tertiary/aromatic N) is 2. The zero-order chi connectivity index (χ0) is 15.4. The first-order valence-corrected chi connectivity index (χ1v) is 8.42. The zero-order valence-electron chi connectivity index (χ0n) is 12.6. The standard InChI is InChI=1S/C17H19N3OS/c1-2-10-20-12-13(14-5-3-8-18-16(14)20)7-9-19-17(21)15-6-4-11-22-15/h3-6,8,11-12H,2,7,9-10H2,1H3,(H,19,21). The molecule has 4 nitrogen and oxygen atoms in total. The summed E-state index contributed by atoms with van der Waals surface area (Å²) in [4.78, 5) is 17.2. The highest BCUT2D eigenvalue weighted by Gasteiger charge is 2.10. The molecule has 0 saturated heterocycles. The molecular weight excluding hydrogens is 294 g/mol. The minimum Gasteiger partial charge on any atom is -0.351 e. The molecule has 22 heavy (non-hydrogen) atoms. The van der Waals surface area contributed by atoms with Gasteiger partial charge in [0.25, 0.3) is 5.91 Å². The van der Waals surface area contributed by atoms with Crippen molar-refractivity contribution in [3.8, 4) is 0 Å². The van der Waals surface area contributed by atoms with E-state index in [4.69, 9.17) is 0 Å². The van der Waals surface area contributed by atoms with Crippen LogP contribution in [-0.2, 0) is 13.0 Å². The van der Waals surface area contributed by atoms with E-state index < -0.39 is 0 Å². The van der Waals surface area contributed by atoms with Crippen molar-refractivity contribution < 1.29 is 4.79 Å². The number of pyridine rings is 1. The number of fused-ring (bicyclic) bond motifs is 1. The average Bonchev–Trinajstić information content (AvgIpc) is 3.17. The number of carbonyl (C=O) groups excluding carboxylic acids is 1. The topological polar surface area (TPSA) is 46.9 Å². The van der Waals surface area contributed by atoms with Gasteiger partial charge in [-0.25, -0.2) is 4.98 Å². The largest absolute Gasteiger partial charge is 0.351 e. The maximum atomic E-state index is 11.9. The number of hydrogen-bond donors (Lipinski definition) is 1. The first kappa shape index (κ1) is 14.8. The minimum atomic E-state index is 0.00502. The lowest BCUT2D eigenvalue weighted by Gasteiger charge is -2.02. The van der Waals surface area contributed by atoms with Crippen molar-refractivity contribution >= 4 is 28.3 Å². The molecule has 5 heteroatoms. The molecule has 0 aromatic carbocycles. The molecule has 0 aliphatic heterocycles. The molecule has 0 aliphatic carbocycles. The number of rotatable bonds is 6. The summed E-state index contributed by atoms with van der Waals surface area (Å²) in [5.41, 5.74) is 2.27. The van der Waals surface area contributed by atoms with Crippen molar-refractivity contribution in [3.05, 3.63) is 52.5 Å². The van der Waals surface area contributed by atoms with Crippen molar-refractivity contribution in [1.82, 2.24) is 14.9 Å². The van der Waals surface area contributed by atoms with Crippen LogP contribution in [0, 0.1) is 0 Å². The van der Waals surface area contributed by atoms with Gasteiger partial charge in [-0.2, -0.15) is 0 Å². The zero-order valence-corrected chi connectivity index (χ0v) is 13.4. The fourth-order valence-corrected chi connectivity index (χ4v) is 3.25. The minimum absolute atomic E-state index is 0.00502. The monoisotopic (exact) mass is 313 g/mol. The van der Waals surface area contributed by atoms with Crippen molar-refractivity contribution in [2.45, 2.75) is 26.3 Å². The summed E-state index contributed by atoms with van der Waals surface area (Å²) in [6.45, 7) is 3.77. The first-order valence-electron chi connectivity index (χ1n) is 7.54. The second-order valence-electron chi connectivity index (χ2n) is 5.21. The maximum absolute atomic E-state index is 11.9. The van der Waals surface area contributed by atoms with E-state index in [1.54, 1.807) is 0 Å². The third-order valence-corrected chi connectivity index (χ3v) is 4.47. The molecule has 1 N–H and O–H groups in total. The van der Waals surface area contributed by atoms with Crippen LogP contribution >= 0.6 is 11.3 Å². The molecule has 0 spiro atoms. The maximum Gasteiger partial charge on any atom is 0.261 e. The Morgan fingerprint density at radius 3 is 3.05 bits per heavy atom. The molecule has 1 amide bonds. The van der Waals surface area contributed by atoms with E-state index >= 15 is 0 Å². The van der Waals surface area contributed by atoms with Gasteiger partial charge in [0.2, 0.25) is 0 Å². The van der Waals surface area contributed by atoms with Crippen molar-refractivity contribution in [3.63, 3.8) is 0 Å². The molecule has 3 aromatic heterocycles. The molecule has 3 rings (SSSR count). The van der Waals surface area contributed by atoms with E-state index in [9.17, 15) is 4.79 Å². The molecule has 0 unspecified atom stereocenters. The molecule has 0 atom stereocenters. The lowest BCUT2D eigenvalue weighted by atomic mass is 10.1. The van der Waals surface area contributed by atoms with Crippen LogP contribution in [-0.4, -0.2) is 22.0 Å². The number of thiophene rings is 1. The molecule has 0 aliphatic rings.